The fraction of sp³-hybridized carbons (Fsp3) is 0.222. The first-order chi connectivity index (χ1) is 7.94. The molecule has 0 radical (unpaired) electrons. The number of alkyl halides is 3. The van der Waals surface area contributed by atoms with Gasteiger partial charge in [0.1, 0.15) is 16.1 Å². The lowest BCUT2D eigenvalue weighted by Gasteiger charge is -2.05. The van der Waals surface area contributed by atoms with Crippen LogP contribution >= 0.6 is 0 Å². The van der Waals surface area contributed by atoms with Gasteiger partial charge in [-0.25, -0.2) is 8.42 Å². The normalized spacial score (nSPS) is 11.4. The van der Waals surface area contributed by atoms with E-state index in [1.807, 2.05) is 6.92 Å². The molecule has 0 aliphatic carbocycles. The van der Waals surface area contributed by atoms with Crippen molar-refractivity contribution in [3.05, 3.63) is 29.8 Å². The topological polar surface area (TPSA) is 97.3 Å². The van der Waals surface area contributed by atoms with Crippen molar-refractivity contribution < 1.29 is 36.0 Å². The molecule has 5 nitrogen and oxygen atoms in total. The first-order valence-electron chi connectivity index (χ1n) is 4.25. The fourth-order valence-electron chi connectivity index (χ4n) is 0.705. The van der Waals surface area contributed by atoms with Crippen molar-refractivity contribution in [3.8, 4) is 0 Å². The molecule has 0 aromatic heterocycles. The van der Waals surface area contributed by atoms with E-state index in [0.717, 1.165) is 5.56 Å². The molecule has 0 fully saturated rings. The molecule has 0 N–H and O–H groups in total. The molecule has 0 saturated heterocycles. The number of aliphatic carboxylic acids is 1. The molecule has 0 aliphatic rings. The second kappa shape index (κ2) is 5.83. The highest BCUT2D eigenvalue weighted by Gasteiger charge is 2.28. The third-order valence-electron chi connectivity index (χ3n) is 1.54. The molecule has 18 heavy (non-hydrogen) atoms. The molecule has 0 aliphatic heterocycles. The third kappa shape index (κ3) is 6.21. The van der Waals surface area contributed by atoms with Crippen LogP contribution < -0.4 is 5.11 Å². The second-order valence-corrected chi connectivity index (χ2v) is 4.43. The molecule has 1 rings (SSSR count). The molecule has 0 saturated carbocycles. The van der Waals surface area contributed by atoms with Crippen LogP contribution in [0.4, 0.5) is 13.2 Å². The second-order valence-electron chi connectivity index (χ2n) is 3.05. The van der Waals surface area contributed by atoms with Crippen LogP contribution in [-0.2, 0) is 14.9 Å². The molecule has 0 spiro atoms. The lowest BCUT2D eigenvalue weighted by Crippen LogP contribution is -2.37. The van der Waals surface area contributed by atoms with Crippen LogP contribution in [-0.4, -0.2) is 25.1 Å². The number of hydrogen-bond donors (Lipinski definition) is 0. The Morgan fingerprint density at radius 2 is 1.50 bits per heavy atom. The van der Waals surface area contributed by atoms with Crippen LogP contribution in [0.25, 0.3) is 0 Å². The van der Waals surface area contributed by atoms with Crippen molar-refractivity contribution in [1.29, 1.82) is 0 Å². The minimum atomic E-state index is -5.19. The summed E-state index contributed by atoms with van der Waals surface area (Å²) in [5.74, 6) is -3.01. The predicted molar refractivity (Wildman–Crippen MR) is 50.2 cm³/mol. The van der Waals surface area contributed by atoms with Gasteiger partial charge in [-0.2, -0.15) is 13.2 Å². The zero-order chi connectivity index (χ0) is 14.6. The highest BCUT2D eigenvalue weighted by molar-refractivity contribution is 7.85. The van der Waals surface area contributed by atoms with E-state index in [4.69, 9.17) is 9.90 Å². The number of carbonyl (C=O) groups is 1. The highest BCUT2D eigenvalue weighted by Crippen LogP contribution is 2.11. The monoisotopic (exact) mass is 284 g/mol. The van der Waals surface area contributed by atoms with Gasteiger partial charge in [0.2, 0.25) is 0 Å². The first-order valence-corrected chi connectivity index (χ1v) is 5.66. The van der Waals surface area contributed by atoms with Gasteiger partial charge in [0, 0.05) is 0 Å². The van der Waals surface area contributed by atoms with E-state index in [2.05, 4.69) is 0 Å². The number of hydrogen-bond acceptors (Lipinski definition) is 5. The smallest absolute Gasteiger partial charge is 0.430 e. The third-order valence-corrected chi connectivity index (χ3v) is 2.39. The van der Waals surface area contributed by atoms with Crippen molar-refractivity contribution >= 4 is 16.1 Å². The number of carboxylic acid groups (broad SMARTS) is 1. The van der Waals surface area contributed by atoms with Crippen LogP contribution in [0.5, 0.6) is 0 Å². The average Bonchev–Trinajstić information content (AvgIpc) is 2.16. The number of rotatable bonds is 1. The lowest BCUT2D eigenvalue weighted by molar-refractivity contribution is -0.344. The van der Waals surface area contributed by atoms with Crippen LogP contribution in [0, 0.1) is 6.92 Å². The average molecular weight is 284 g/mol. The summed E-state index contributed by atoms with van der Waals surface area (Å²) in [5.41, 5.74) is 0.928. The van der Waals surface area contributed by atoms with Gasteiger partial charge in [-0.05, 0) is 19.1 Å². The zero-order valence-corrected chi connectivity index (χ0v) is 9.71. The molecule has 0 bridgehead atoms. The summed E-state index contributed by atoms with van der Waals surface area (Å²) in [5, 5.41) is 8.78. The Labute approximate surface area is 101 Å². The van der Waals surface area contributed by atoms with Crippen molar-refractivity contribution in [3.63, 3.8) is 0 Å². The van der Waals surface area contributed by atoms with Crippen LogP contribution in [0.2, 0.25) is 0 Å². The molecule has 0 amide bonds. The fourth-order valence-corrected chi connectivity index (χ4v) is 1.17. The number of carbonyl (C=O) groups excluding carboxylic acids is 1. The quantitative estimate of drug-likeness (QED) is 0.686. The minimum Gasteiger partial charge on any atom is -0.744 e. The number of halogens is 3. The molecule has 0 atom stereocenters. The van der Waals surface area contributed by atoms with Crippen molar-refractivity contribution in [2.75, 3.05) is 0 Å². The first kappa shape index (κ1) is 16.4. The van der Waals surface area contributed by atoms with E-state index in [1.54, 1.807) is 12.1 Å². The molecule has 0 unspecified atom stereocenters. The molecule has 0 heterocycles. The highest BCUT2D eigenvalue weighted by atomic mass is 32.2. The van der Waals surface area contributed by atoms with Crippen molar-refractivity contribution in [2.45, 2.75) is 18.0 Å². The van der Waals surface area contributed by atoms with E-state index in [-0.39, 0.29) is 4.90 Å². The van der Waals surface area contributed by atoms with Gasteiger partial charge in [-0.15, -0.1) is 0 Å². The zero-order valence-electron chi connectivity index (χ0n) is 8.89. The summed E-state index contributed by atoms with van der Waals surface area (Å²) in [4.78, 5) is 8.61. The largest absolute Gasteiger partial charge is 0.744 e. The standard InChI is InChI=1S/C7H8O3S.C2HF3O2/c1-6-2-4-7(5-3-6)11(8,9)10;3-2(4,5)1(6)7/h2-5H,1H3,(H,8,9,10);(H,6,7)/p-2. The van der Waals surface area contributed by atoms with Crippen LogP contribution in [0.3, 0.4) is 0 Å². The predicted octanol–water partition coefficient (Wildman–Crippen LogP) is 0.198. The van der Waals surface area contributed by atoms with Gasteiger partial charge >= 0.3 is 6.18 Å². The maximum Gasteiger partial charge on any atom is 0.430 e. The Hall–Kier alpha value is -1.61. The number of benzene rings is 1. The number of aryl methyl sites for hydroxylation is 1. The van der Waals surface area contributed by atoms with E-state index < -0.39 is 22.3 Å². The molecular weight excluding hydrogens is 277 g/mol. The van der Waals surface area contributed by atoms with Crippen molar-refractivity contribution in [1.82, 2.24) is 0 Å². The summed E-state index contributed by atoms with van der Waals surface area (Å²) in [6, 6.07) is 5.78. The maximum absolute atomic E-state index is 10.5. The minimum absolute atomic E-state index is 0.178. The Morgan fingerprint density at radius 3 is 1.72 bits per heavy atom. The SMILES string of the molecule is Cc1ccc(S(=O)(=O)[O-])cc1.O=C([O-])C(F)(F)F. The van der Waals surface area contributed by atoms with E-state index >= 15 is 0 Å². The lowest BCUT2D eigenvalue weighted by atomic mass is 10.2. The Kier molecular flexibility index (Phi) is 5.30. The molecular formula is C9H7F3O5S-2. The van der Waals surface area contributed by atoms with Crippen molar-refractivity contribution in [2.24, 2.45) is 0 Å². The van der Waals surface area contributed by atoms with E-state index in [1.165, 1.54) is 12.1 Å². The van der Waals surface area contributed by atoms with Gasteiger partial charge in [0.15, 0.2) is 0 Å². The van der Waals surface area contributed by atoms with E-state index in [0.29, 0.717) is 0 Å². The maximum atomic E-state index is 10.5. The van der Waals surface area contributed by atoms with Gasteiger partial charge in [0.25, 0.3) is 0 Å². The molecule has 102 valence electrons. The number of carboxylic acids is 1. The van der Waals surface area contributed by atoms with Gasteiger partial charge in [-0.3, -0.25) is 0 Å². The molecule has 1 aromatic carbocycles. The summed E-state index contributed by atoms with van der Waals surface area (Å²) in [6.07, 6.45) is -5.19. The molecule has 1 aromatic rings. The Morgan fingerprint density at radius 1 is 1.17 bits per heavy atom. The Balaban J connectivity index is 0.000000360. The van der Waals surface area contributed by atoms with Gasteiger partial charge in [0.05, 0.1) is 4.90 Å². The van der Waals surface area contributed by atoms with Gasteiger partial charge in [-0.1, -0.05) is 17.7 Å². The van der Waals surface area contributed by atoms with Crippen LogP contribution in [0.15, 0.2) is 29.2 Å². The van der Waals surface area contributed by atoms with Crippen LogP contribution in [0.1, 0.15) is 5.56 Å². The Bertz CT molecular complexity index is 504. The summed E-state index contributed by atoms with van der Waals surface area (Å²) >= 11 is 0. The van der Waals surface area contributed by atoms with Gasteiger partial charge < -0.3 is 14.5 Å². The summed E-state index contributed by atoms with van der Waals surface area (Å²) in [7, 11) is -4.27. The summed E-state index contributed by atoms with van der Waals surface area (Å²) in [6.45, 7) is 1.82. The summed E-state index contributed by atoms with van der Waals surface area (Å²) < 4.78 is 62.7. The van der Waals surface area contributed by atoms with E-state index in [9.17, 15) is 26.1 Å². The molecule has 9 heteroatoms.